The fourth-order valence-electron chi connectivity index (χ4n) is 2.89. The minimum absolute atomic E-state index is 0.525. The molecule has 0 bridgehead atoms. The molecule has 21 heavy (non-hydrogen) atoms. The number of nitrogens with zero attached hydrogens (tertiary/aromatic N) is 2. The van der Waals surface area contributed by atoms with E-state index in [1.54, 1.807) is 0 Å². The van der Waals surface area contributed by atoms with Crippen molar-refractivity contribution in [2.24, 2.45) is 0 Å². The first-order valence-electron chi connectivity index (χ1n) is 7.42. The van der Waals surface area contributed by atoms with E-state index in [9.17, 15) is 0 Å². The predicted octanol–water partition coefficient (Wildman–Crippen LogP) is 5.34. The van der Waals surface area contributed by atoms with Gasteiger partial charge in [0, 0.05) is 12.2 Å². The Kier molecular flexibility index (Phi) is 4.55. The summed E-state index contributed by atoms with van der Waals surface area (Å²) in [6.07, 6.45) is 8.45. The fraction of sp³-hybridized carbons (Fsp3) is 0.438. The number of benzene rings is 1. The second kappa shape index (κ2) is 6.41. The van der Waals surface area contributed by atoms with Gasteiger partial charge in [-0.3, -0.25) is 4.57 Å². The highest BCUT2D eigenvalue weighted by molar-refractivity contribution is 9.10. The summed E-state index contributed by atoms with van der Waals surface area (Å²) >= 11 is 9.79. The fourth-order valence-corrected chi connectivity index (χ4v) is 3.52. The lowest BCUT2D eigenvalue weighted by Gasteiger charge is -2.24. The average Bonchev–Trinajstić information content (AvgIpc) is 2.83. The van der Waals surface area contributed by atoms with E-state index in [4.69, 9.17) is 11.6 Å². The lowest BCUT2D eigenvalue weighted by Crippen LogP contribution is -2.24. The van der Waals surface area contributed by atoms with Gasteiger partial charge in [0.2, 0.25) is 5.95 Å². The number of hydrogen-bond acceptors (Lipinski definition) is 2. The summed E-state index contributed by atoms with van der Waals surface area (Å²) in [7, 11) is 0. The zero-order valence-electron chi connectivity index (χ0n) is 12.1. The smallest absolute Gasteiger partial charge is 0.207 e. The lowest BCUT2D eigenvalue weighted by molar-refractivity contribution is 0.460. The summed E-state index contributed by atoms with van der Waals surface area (Å²) < 4.78 is 2.98. The Hall–Kier alpha value is -1.00. The number of rotatable bonds is 3. The summed E-state index contributed by atoms with van der Waals surface area (Å²) in [6.45, 7) is 2.01. The van der Waals surface area contributed by atoms with Gasteiger partial charge in [-0.15, -0.1) is 0 Å². The number of hydrogen-bond donors (Lipinski definition) is 1. The Balaban J connectivity index is 1.93. The molecule has 0 unspecified atom stereocenters. The van der Waals surface area contributed by atoms with Crippen LogP contribution in [-0.4, -0.2) is 15.6 Å². The third-order valence-electron chi connectivity index (χ3n) is 3.96. The highest BCUT2D eigenvalue weighted by Crippen LogP contribution is 2.31. The molecule has 0 radical (unpaired) electrons. The molecular formula is C16H19BrClN3. The van der Waals surface area contributed by atoms with Crippen LogP contribution in [0.5, 0.6) is 0 Å². The molecule has 0 atom stereocenters. The molecule has 3 nitrogen and oxygen atoms in total. The van der Waals surface area contributed by atoms with Crippen molar-refractivity contribution in [2.45, 2.75) is 45.1 Å². The van der Waals surface area contributed by atoms with Crippen LogP contribution in [0.2, 0.25) is 5.02 Å². The van der Waals surface area contributed by atoms with Crippen molar-refractivity contribution in [3.8, 4) is 5.69 Å². The molecule has 1 aliphatic carbocycles. The van der Waals surface area contributed by atoms with Crippen LogP contribution in [-0.2, 0) is 0 Å². The molecule has 1 heterocycles. The van der Waals surface area contributed by atoms with E-state index in [0.717, 1.165) is 21.8 Å². The SMILES string of the molecule is Cc1cn(-c2cccc(Cl)c2Br)c(NC2CCCCC2)n1. The summed E-state index contributed by atoms with van der Waals surface area (Å²) in [5.74, 6) is 0.905. The molecule has 2 aromatic rings. The van der Waals surface area contributed by atoms with Gasteiger partial charge >= 0.3 is 0 Å². The van der Waals surface area contributed by atoms with Crippen LogP contribution >= 0.6 is 27.5 Å². The van der Waals surface area contributed by atoms with E-state index in [1.807, 2.05) is 31.3 Å². The monoisotopic (exact) mass is 367 g/mol. The first-order valence-corrected chi connectivity index (χ1v) is 8.59. The predicted molar refractivity (Wildman–Crippen MR) is 91.5 cm³/mol. The van der Waals surface area contributed by atoms with Crippen molar-refractivity contribution in [3.63, 3.8) is 0 Å². The Labute approximate surface area is 138 Å². The number of aryl methyl sites for hydroxylation is 1. The van der Waals surface area contributed by atoms with Crippen molar-refractivity contribution >= 4 is 33.5 Å². The largest absolute Gasteiger partial charge is 0.353 e. The maximum absolute atomic E-state index is 6.21. The summed E-state index contributed by atoms with van der Waals surface area (Å²) in [4.78, 5) is 4.64. The Bertz CT molecular complexity index is 632. The van der Waals surface area contributed by atoms with E-state index in [2.05, 4.69) is 30.8 Å². The zero-order valence-corrected chi connectivity index (χ0v) is 14.4. The molecule has 1 fully saturated rings. The Morgan fingerprint density at radius 3 is 2.81 bits per heavy atom. The second-order valence-corrected chi connectivity index (χ2v) is 6.83. The van der Waals surface area contributed by atoms with E-state index >= 15 is 0 Å². The van der Waals surface area contributed by atoms with Crippen molar-refractivity contribution in [2.75, 3.05) is 5.32 Å². The summed E-state index contributed by atoms with van der Waals surface area (Å²) in [6, 6.07) is 6.41. The van der Waals surface area contributed by atoms with Crippen molar-refractivity contribution < 1.29 is 0 Å². The van der Waals surface area contributed by atoms with Crippen LogP contribution in [0.15, 0.2) is 28.9 Å². The van der Waals surface area contributed by atoms with Gasteiger partial charge in [-0.05, 0) is 47.8 Å². The quantitative estimate of drug-likeness (QED) is 0.792. The van der Waals surface area contributed by atoms with E-state index in [0.29, 0.717) is 11.1 Å². The van der Waals surface area contributed by atoms with Crippen LogP contribution in [0.25, 0.3) is 5.69 Å². The molecule has 1 aromatic heterocycles. The van der Waals surface area contributed by atoms with Gasteiger partial charge in [0.05, 0.1) is 20.9 Å². The van der Waals surface area contributed by atoms with Gasteiger partial charge in [0.15, 0.2) is 0 Å². The number of anilines is 1. The third-order valence-corrected chi connectivity index (χ3v) is 5.33. The van der Waals surface area contributed by atoms with Gasteiger partial charge in [-0.2, -0.15) is 0 Å². The maximum Gasteiger partial charge on any atom is 0.207 e. The van der Waals surface area contributed by atoms with Crippen molar-refractivity contribution in [3.05, 3.63) is 39.6 Å². The van der Waals surface area contributed by atoms with Crippen LogP contribution in [0.1, 0.15) is 37.8 Å². The third kappa shape index (κ3) is 3.27. The molecule has 0 aliphatic heterocycles. The van der Waals surface area contributed by atoms with Crippen LogP contribution in [0, 0.1) is 6.92 Å². The highest BCUT2D eigenvalue weighted by Gasteiger charge is 2.17. The minimum Gasteiger partial charge on any atom is -0.353 e. The number of aromatic nitrogens is 2. The summed E-state index contributed by atoms with van der Waals surface area (Å²) in [5, 5.41) is 4.31. The van der Waals surface area contributed by atoms with Gasteiger partial charge in [-0.25, -0.2) is 4.98 Å². The first-order chi connectivity index (χ1) is 10.1. The normalized spacial score (nSPS) is 16.1. The van der Waals surface area contributed by atoms with E-state index in [-0.39, 0.29) is 0 Å². The van der Waals surface area contributed by atoms with Crippen molar-refractivity contribution in [1.82, 2.24) is 9.55 Å². The molecule has 1 aliphatic rings. The molecule has 0 saturated heterocycles. The average molecular weight is 369 g/mol. The number of halogens is 2. The van der Waals surface area contributed by atoms with Crippen LogP contribution < -0.4 is 5.32 Å². The lowest BCUT2D eigenvalue weighted by atomic mass is 9.96. The second-order valence-electron chi connectivity index (χ2n) is 5.63. The van der Waals surface area contributed by atoms with Gasteiger partial charge in [-0.1, -0.05) is 36.9 Å². The van der Waals surface area contributed by atoms with Gasteiger partial charge < -0.3 is 5.32 Å². The topological polar surface area (TPSA) is 29.9 Å². The first kappa shape index (κ1) is 14.9. The standard InChI is InChI=1S/C16H19BrClN3/c1-11-10-21(14-9-5-8-13(18)15(14)17)16(19-11)20-12-6-3-2-4-7-12/h5,8-10,12H,2-4,6-7H2,1H3,(H,19,20). The molecule has 1 N–H and O–H groups in total. The van der Waals surface area contributed by atoms with Crippen LogP contribution in [0.3, 0.4) is 0 Å². The zero-order chi connectivity index (χ0) is 14.8. The van der Waals surface area contributed by atoms with Gasteiger partial charge in [0.25, 0.3) is 0 Å². The molecule has 5 heteroatoms. The Morgan fingerprint density at radius 1 is 1.29 bits per heavy atom. The molecule has 1 aromatic carbocycles. The molecule has 0 spiro atoms. The Morgan fingerprint density at radius 2 is 2.05 bits per heavy atom. The van der Waals surface area contributed by atoms with Crippen LogP contribution in [0.4, 0.5) is 5.95 Å². The van der Waals surface area contributed by atoms with Crippen molar-refractivity contribution in [1.29, 1.82) is 0 Å². The molecule has 112 valence electrons. The maximum atomic E-state index is 6.21. The summed E-state index contributed by atoms with van der Waals surface area (Å²) in [5.41, 5.74) is 2.02. The van der Waals surface area contributed by atoms with E-state index < -0.39 is 0 Å². The highest BCUT2D eigenvalue weighted by atomic mass is 79.9. The minimum atomic E-state index is 0.525. The molecule has 0 amide bonds. The molecule has 3 rings (SSSR count). The molecule has 1 saturated carbocycles. The number of nitrogens with one attached hydrogen (secondary N) is 1. The number of imidazole rings is 1. The van der Waals surface area contributed by atoms with Gasteiger partial charge in [0.1, 0.15) is 0 Å². The van der Waals surface area contributed by atoms with E-state index in [1.165, 1.54) is 32.1 Å². The molecular weight excluding hydrogens is 350 g/mol.